The zero-order valence-electron chi connectivity index (χ0n) is 17.3. The third-order valence-electron chi connectivity index (χ3n) is 5.73. The van der Waals surface area contributed by atoms with Crippen molar-refractivity contribution >= 4 is 16.7 Å². The average Bonchev–Trinajstić information content (AvgIpc) is 3.50. The lowest BCUT2D eigenvalue weighted by Crippen LogP contribution is -2.25. The maximum atomic E-state index is 12.6. The Labute approximate surface area is 179 Å². The van der Waals surface area contributed by atoms with Gasteiger partial charge in [0, 0.05) is 24.3 Å². The Kier molecular flexibility index (Phi) is 4.86. The smallest absolute Gasteiger partial charge is 0.230 e. The monoisotopic (exact) mass is 414 g/mol. The molecule has 1 amide bonds. The van der Waals surface area contributed by atoms with Gasteiger partial charge in [0.15, 0.2) is 5.82 Å². The first-order valence-electron chi connectivity index (χ1n) is 10.2. The Morgan fingerprint density at radius 1 is 1.23 bits per heavy atom. The molecule has 1 aliphatic carbocycles. The molecule has 1 fully saturated rings. The molecule has 1 N–H and O–H groups in total. The second-order valence-corrected chi connectivity index (χ2v) is 7.77. The first kappa shape index (κ1) is 19.2. The van der Waals surface area contributed by atoms with Gasteiger partial charge in [-0.3, -0.25) is 9.78 Å². The third-order valence-corrected chi connectivity index (χ3v) is 5.73. The largest absolute Gasteiger partial charge is 0.497 e. The molecule has 0 bridgehead atoms. The molecule has 4 aromatic rings. The van der Waals surface area contributed by atoms with Crippen molar-refractivity contribution in [1.82, 2.24) is 20.4 Å². The van der Waals surface area contributed by atoms with Gasteiger partial charge in [0.2, 0.25) is 11.8 Å². The molecule has 1 aliphatic rings. The van der Waals surface area contributed by atoms with E-state index in [2.05, 4.69) is 32.6 Å². The summed E-state index contributed by atoms with van der Waals surface area (Å²) >= 11 is 0. The van der Waals surface area contributed by atoms with E-state index in [0.717, 1.165) is 39.6 Å². The van der Waals surface area contributed by atoms with Crippen molar-refractivity contribution < 1.29 is 14.1 Å². The van der Waals surface area contributed by atoms with E-state index >= 15 is 0 Å². The van der Waals surface area contributed by atoms with Gasteiger partial charge in [-0.25, -0.2) is 0 Å². The number of amides is 1. The summed E-state index contributed by atoms with van der Waals surface area (Å²) in [4.78, 5) is 21.2. The Bertz CT molecular complexity index is 1270. The lowest BCUT2D eigenvalue weighted by atomic mass is 9.96. The summed E-state index contributed by atoms with van der Waals surface area (Å²) in [6.07, 6.45) is 4.38. The van der Waals surface area contributed by atoms with E-state index in [1.807, 2.05) is 36.5 Å². The van der Waals surface area contributed by atoms with Crippen molar-refractivity contribution in [3.63, 3.8) is 0 Å². The van der Waals surface area contributed by atoms with Gasteiger partial charge >= 0.3 is 0 Å². The van der Waals surface area contributed by atoms with E-state index < -0.39 is 0 Å². The molecule has 7 heteroatoms. The quantitative estimate of drug-likeness (QED) is 0.512. The number of benzene rings is 2. The SMILES string of the molecule is COc1cccc(-c2ccc(CNC(=O)[C@@H]3C[C@H]3c3nc(C)no3)c3cnccc23)c1. The molecule has 0 aliphatic heterocycles. The summed E-state index contributed by atoms with van der Waals surface area (Å²) in [5.41, 5.74) is 3.19. The van der Waals surface area contributed by atoms with Crippen LogP contribution in [0.3, 0.4) is 0 Å². The number of ether oxygens (including phenoxy) is 1. The van der Waals surface area contributed by atoms with Crippen LogP contribution >= 0.6 is 0 Å². The van der Waals surface area contributed by atoms with Gasteiger partial charge in [0.05, 0.1) is 18.9 Å². The second-order valence-electron chi connectivity index (χ2n) is 7.77. The second kappa shape index (κ2) is 7.83. The molecule has 2 aromatic heterocycles. The Balaban J connectivity index is 1.36. The van der Waals surface area contributed by atoms with Crippen molar-refractivity contribution in [3.05, 3.63) is 72.1 Å². The van der Waals surface area contributed by atoms with Crippen LogP contribution in [0.1, 0.15) is 29.6 Å². The number of nitrogens with one attached hydrogen (secondary N) is 1. The summed E-state index contributed by atoms with van der Waals surface area (Å²) in [6, 6.07) is 14.1. The van der Waals surface area contributed by atoms with Crippen LogP contribution in [-0.4, -0.2) is 28.1 Å². The van der Waals surface area contributed by atoms with Crippen LogP contribution in [-0.2, 0) is 11.3 Å². The highest BCUT2D eigenvalue weighted by Gasteiger charge is 2.47. The molecular weight excluding hydrogens is 392 g/mol. The summed E-state index contributed by atoms with van der Waals surface area (Å²) < 4.78 is 10.6. The highest BCUT2D eigenvalue weighted by atomic mass is 16.5. The van der Waals surface area contributed by atoms with Gasteiger partial charge in [-0.05, 0) is 53.6 Å². The number of rotatable bonds is 6. The molecular formula is C24H22N4O3. The fraction of sp³-hybridized carbons (Fsp3) is 0.250. The van der Waals surface area contributed by atoms with Crippen LogP contribution in [0.15, 0.2) is 59.4 Å². The van der Waals surface area contributed by atoms with Gasteiger partial charge in [-0.1, -0.05) is 29.4 Å². The molecule has 31 heavy (non-hydrogen) atoms. The van der Waals surface area contributed by atoms with Crippen molar-refractivity contribution in [2.45, 2.75) is 25.8 Å². The van der Waals surface area contributed by atoms with Gasteiger partial charge in [-0.15, -0.1) is 0 Å². The van der Waals surface area contributed by atoms with Gasteiger partial charge in [-0.2, -0.15) is 4.98 Å². The number of methoxy groups -OCH3 is 1. The normalized spacial score (nSPS) is 17.5. The molecule has 0 saturated heterocycles. The summed E-state index contributed by atoms with van der Waals surface area (Å²) in [7, 11) is 1.66. The topological polar surface area (TPSA) is 90.1 Å². The molecule has 2 atom stereocenters. The van der Waals surface area contributed by atoms with Crippen LogP contribution < -0.4 is 10.1 Å². The Morgan fingerprint density at radius 2 is 2.13 bits per heavy atom. The van der Waals surface area contributed by atoms with Crippen molar-refractivity contribution in [3.8, 4) is 16.9 Å². The lowest BCUT2D eigenvalue weighted by molar-refractivity contribution is -0.122. The van der Waals surface area contributed by atoms with Crippen LogP contribution in [0.25, 0.3) is 21.9 Å². The fourth-order valence-corrected chi connectivity index (χ4v) is 3.98. The van der Waals surface area contributed by atoms with Crippen molar-refractivity contribution in [1.29, 1.82) is 0 Å². The first-order chi connectivity index (χ1) is 15.1. The van der Waals surface area contributed by atoms with E-state index in [9.17, 15) is 4.79 Å². The van der Waals surface area contributed by atoms with Crippen LogP contribution in [0.5, 0.6) is 5.75 Å². The highest BCUT2D eigenvalue weighted by molar-refractivity contribution is 5.98. The van der Waals surface area contributed by atoms with E-state index in [-0.39, 0.29) is 17.7 Å². The number of fused-ring (bicyclic) bond motifs is 1. The molecule has 0 unspecified atom stereocenters. The number of hydrogen-bond acceptors (Lipinski definition) is 6. The number of pyridine rings is 1. The van der Waals surface area contributed by atoms with Crippen LogP contribution in [0.4, 0.5) is 0 Å². The Morgan fingerprint density at radius 3 is 2.94 bits per heavy atom. The van der Waals surface area contributed by atoms with E-state index in [1.165, 1.54) is 0 Å². The summed E-state index contributed by atoms with van der Waals surface area (Å²) in [5, 5.41) is 8.97. The van der Waals surface area contributed by atoms with Gasteiger partial charge in [0.25, 0.3) is 0 Å². The van der Waals surface area contributed by atoms with Crippen LogP contribution in [0, 0.1) is 12.8 Å². The number of hydrogen-bond donors (Lipinski definition) is 1. The molecule has 156 valence electrons. The molecule has 0 spiro atoms. The average molecular weight is 414 g/mol. The van der Waals surface area contributed by atoms with E-state index in [1.54, 1.807) is 20.2 Å². The van der Waals surface area contributed by atoms with E-state index in [4.69, 9.17) is 9.26 Å². The van der Waals surface area contributed by atoms with Crippen molar-refractivity contribution in [2.75, 3.05) is 7.11 Å². The predicted molar refractivity (Wildman–Crippen MR) is 115 cm³/mol. The van der Waals surface area contributed by atoms with E-state index in [0.29, 0.717) is 18.3 Å². The lowest BCUT2D eigenvalue weighted by Gasteiger charge is -2.13. The molecule has 5 rings (SSSR count). The first-order valence-corrected chi connectivity index (χ1v) is 10.2. The minimum absolute atomic E-state index is 0.00904. The number of aryl methyl sites for hydroxylation is 1. The summed E-state index contributed by atoms with van der Waals surface area (Å²) in [5.74, 6) is 1.88. The number of nitrogens with zero attached hydrogens (tertiary/aromatic N) is 3. The minimum atomic E-state index is -0.111. The maximum Gasteiger partial charge on any atom is 0.230 e. The minimum Gasteiger partial charge on any atom is -0.497 e. The van der Waals surface area contributed by atoms with Gasteiger partial charge < -0.3 is 14.6 Å². The van der Waals surface area contributed by atoms with Crippen molar-refractivity contribution in [2.24, 2.45) is 5.92 Å². The number of aromatic nitrogens is 3. The molecule has 0 radical (unpaired) electrons. The number of carbonyl (C=O) groups is 1. The fourth-order valence-electron chi connectivity index (χ4n) is 3.98. The predicted octanol–water partition coefficient (Wildman–Crippen LogP) is 4.02. The third kappa shape index (κ3) is 3.74. The zero-order valence-corrected chi connectivity index (χ0v) is 17.3. The zero-order chi connectivity index (χ0) is 21.4. The van der Waals surface area contributed by atoms with Gasteiger partial charge in [0.1, 0.15) is 5.75 Å². The highest BCUT2D eigenvalue weighted by Crippen LogP contribution is 2.46. The molecule has 7 nitrogen and oxygen atoms in total. The number of carbonyl (C=O) groups excluding carboxylic acids is 1. The molecule has 2 heterocycles. The molecule has 1 saturated carbocycles. The molecule has 2 aromatic carbocycles. The summed E-state index contributed by atoms with van der Waals surface area (Å²) in [6.45, 7) is 2.21. The maximum absolute atomic E-state index is 12.6. The van der Waals surface area contributed by atoms with Crippen LogP contribution in [0.2, 0.25) is 0 Å². The standard InChI is InChI=1S/C24H22N4O3/c1-14-27-24(31-28-14)21-11-20(21)23(29)26-12-16-6-7-18(19-8-9-25-13-22(16)19)15-4-3-5-17(10-15)30-2/h3-10,13,20-21H,11-12H2,1-2H3,(H,26,29)/t20-,21-/m1/s1. The Hall–Kier alpha value is -3.74.